The second-order valence-electron chi connectivity index (χ2n) is 6.30. The highest BCUT2D eigenvalue weighted by molar-refractivity contribution is 7.10. The van der Waals surface area contributed by atoms with E-state index in [2.05, 4.69) is 5.32 Å². The van der Waals surface area contributed by atoms with Gasteiger partial charge in [-0.25, -0.2) is 0 Å². The molecule has 7 nitrogen and oxygen atoms in total. The van der Waals surface area contributed by atoms with Gasteiger partial charge in [-0.05, 0) is 30.0 Å². The number of rotatable bonds is 7. The Hall–Kier alpha value is -3.52. The van der Waals surface area contributed by atoms with E-state index in [1.54, 1.807) is 49.4 Å². The van der Waals surface area contributed by atoms with Crippen LogP contribution in [0.4, 0.5) is 11.4 Å². The number of carbonyl (C=O) groups excluding carboxylic acids is 2. The molecule has 29 heavy (non-hydrogen) atoms. The average molecular weight is 410 g/mol. The Balaban J connectivity index is 1.83. The van der Waals surface area contributed by atoms with Crippen LogP contribution in [0, 0.1) is 17.0 Å². The SMILES string of the molecule is Cc1ccc(NC(=O)C(OC(=O)Cc2cccs2)c2ccccc2)c([N+](=O)[O-])c1. The van der Waals surface area contributed by atoms with Gasteiger partial charge in [0.05, 0.1) is 11.3 Å². The zero-order chi connectivity index (χ0) is 20.8. The van der Waals surface area contributed by atoms with E-state index in [1.165, 1.54) is 23.5 Å². The fourth-order valence-corrected chi connectivity index (χ4v) is 3.42. The molecule has 3 rings (SSSR count). The fraction of sp³-hybridized carbons (Fsp3) is 0.143. The molecule has 1 atom stereocenters. The number of benzene rings is 2. The quantitative estimate of drug-likeness (QED) is 0.353. The summed E-state index contributed by atoms with van der Waals surface area (Å²) in [5.41, 5.74) is 0.979. The Kier molecular flexibility index (Phi) is 6.36. The van der Waals surface area contributed by atoms with E-state index in [-0.39, 0.29) is 17.8 Å². The number of aryl methyl sites for hydroxylation is 1. The second kappa shape index (κ2) is 9.11. The third-order valence-electron chi connectivity index (χ3n) is 4.10. The zero-order valence-electron chi connectivity index (χ0n) is 15.5. The number of ether oxygens (including phenoxy) is 1. The summed E-state index contributed by atoms with van der Waals surface area (Å²) in [5.74, 6) is -1.22. The Morgan fingerprint density at radius 3 is 2.55 bits per heavy atom. The lowest BCUT2D eigenvalue weighted by Crippen LogP contribution is -2.26. The van der Waals surface area contributed by atoms with Crippen LogP contribution in [0.15, 0.2) is 66.0 Å². The van der Waals surface area contributed by atoms with Crippen molar-refractivity contribution in [2.75, 3.05) is 5.32 Å². The van der Waals surface area contributed by atoms with Crippen LogP contribution < -0.4 is 5.32 Å². The Morgan fingerprint density at radius 2 is 1.90 bits per heavy atom. The lowest BCUT2D eigenvalue weighted by Gasteiger charge is -2.18. The van der Waals surface area contributed by atoms with E-state index in [0.29, 0.717) is 11.1 Å². The van der Waals surface area contributed by atoms with Crippen LogP contribution in [-0.2, 0) is 20.7 Å². The summed E-state index contributed by atoms with van der Waals surface area (Å²) in [4.78, 5) is 36.8. The molecule has 148 valence electrons. The molecule has 0 aliphatic heterocycles. The van der Waals surface area contributed by atoms with Gasteiger partial charge < -0.3 is 10.1 Å². The van der Waals surface area contributed by atoms with Gasteiger partial charge in [0.15, 0.2) is 0 Å². The van der Waals surface area contributed by atoms with E-state index in [1.807, 2.05) is 11.4 Å². The van der Waals surface area contributed by atoms with Crippen LogP contribution in [-0.4, -0.2) is 16.8 Å². The lowest BCUT2D eigenvalue weighted by atomic mass is 10.1. The molecule has 2 aromatic carbocycles. The summed E-state index contributed by atoms with van der Waals surface area (Å²) in [6, 6.07) is 16.6. The molecule has 1 aromatic heterocycles. The highest BCUT2D eigenvalue weighted by atomic mass is 32.1. The number of amides is 1. The van der Waals surface area contributed by atoms with Gasteiger partial charge >= 0.3 is 5.97 Å². The molecule has 1 unspecified atom stereocenters. The van der Waals surface area contributed by atoms with Gasteiger partial charge in [-0.3, -0.25) is 19.7 Å². The minimum Gasteiger partial charge on any atom is -0.447 e. The molecule has 0 saturated heterocycles. The molecule has 1 N–H and O–H groups in total. The molecule has 0 bridgehead atoms. The number of nitrogens with one attached hydrogen (secondary N) is 1. The number of nitro groups is 1. The third-order valence-corrected chi connectivity index (χ3v) is 4.97. The van der Waals surface area contributed by atoms with E-state index < -0.39 is 22.9 Å². The molecule has 8 heteroatoms. The Morgan fingerprint density at radius 1 is 1.14 bits per heavy atom. The van der Waals surface area contributed by atoms with Crippen molar-refractivity contribution in [2.45, 2.75) is 19.4 Å². The second-order valence-corrected chi connectivity index (χ2v) is 7.34. The number of nitro benzene ring substituents is 1. The first kappa shape index (κ1) is 20.2. The van der Waals surface area contributed by atoms with Crippen LogP contribution >= 0.6 is 11.3 Å². The van der Waals surface area contributed by atoms with Crippen molar-refractivity contribution < 1.29 is 19.2 Å². The molecule has 0 spiro atoms. The molecule has 1 heterocycles. The number of carbonyl (C=O) groups is 2. The first-order valence-corrected chi connectivity index (χ1v) is 9.64. The molecule has 0 aliphatic rings. The fourth-order valence-electron chi connectivity index (χ4n) is 2.73. The first-order chi connectivity index (χ1) is 13.9. The van der Waals surface area contributed by atoms with E-state index in [0.717, 1.165) is 4.88 Å². The summed E-state index contributed by atoms with van der Waals surface area (Å²) in [6.07, 6.45) is -1.19. The third kappa shape index (κ3) is 5.26. The van der Waals surface area contributed by atoms with Crippen molar-refractivity contribution in [1.29, 1.82) is 0 Å². The van der Waals surface area contributed by atoms with Crippen LogP contribution in [0.25, 0.3) is 0 Å². The topological polar surface area (TPSA) is 98.5 Å². The van der Waals surface area contributed by atoms with Gasteiger partial charge in [0.1, 0.15) is 5.69 Å². The maximum atomic E-state index is 12.9. The first-order valence-electron chi connectivity index (χ1n) is 8.77. The minimum absolute atomic E-state index is 0.0406. The number of hydrogen-bond acceptors (Lipinski definition) is 6. The van der Waals surface area contributed by atoms with Crippen LogP contribution in [0.3, 0.4) is 0 Å². The monoisotopic (exact) mass is 410 g/mol. The molecular formula is C21H18N2O5S. The molecule has 0 radical (unpaired) electrons. The smallest absolute Gasteiger partial charge is 0.312 e. The molecular weight excluding hydrogens is 392 g/mol. The van der Waals surface area contributed by atoms with Gasteiger partial charge in [-0.1, -0.05) is 42.5 Å². The highest BCUT2D eigenvalue weighted by Crippen LogP contribution is 2.28. The molecule has 0 aliphatic carbocycles. The summed E-state index contributed by atoms with van der Waals surface area (Å²) >= 11 is 1.42. The average Bonchev–Trinajstić information content (AvgIpc) is 3.21. The van der Waals surface area contributed by atoms with E-state index >= 15 is 0 Å². The minimum atomic E-state index is -1.23. The van der Waals surface area contributed by atoms with Crippen molar-refractivity contribution in [2.24, 2.45) is 0 Å². The van der Waals surface area contributed by atoms with Gasteiger partial charge in [0.25, 0.3) is 11.6 Å². The number of esters is 1. The summed E-state index contributed by atoms with van der Waals surface area (Å²) in [7, 11) is 0. The van der Waals surface area contributed by atoms with Crippen molar-refractivity contribution in [3.8, 4) is 0 Å². The normalized spacial score (nSPS) is 11.5. The van der Waals surface area contributed by atoms with Crippen molar-refractivity contribution in [3.05, 3.63) is 92.2 Å². The Bertz CT molecular complexity index is 1020. The number of thiophene rings is 1. The maximum Gasteiger partial charge on any atom is 0.312 e. The standard InChI is InChI=1S/C21H18N2O5S/c1-14-9-10-17(18(12-14)23(26)27)22-21(25)20(15-6-3-2-4-7-15)28-19(24)13-16-8-5-11-29-16/h2-12,20H,13H2,1H3,(H,22,25). The largest absolute Gasteiger partial charge is 0.447 e. The number of hydrogen-bond donors (Lipinski definition) is 1. The van der Waals surface area contributed by atoms with Gasteiger partial charge in [-0.15, -0.1) is 11.3 Å². The van der Waals surface area contributed by atoms with Crippen LogP contribution in [0.5, 0.6) is 0 Å². The molecule has 0 saturated carbocycles. The summed E-state index contributed by atoms with van der Waals surface area (Å²) < 4.78 is 5.45. The van der Waals surface area contributed by atoms with Gasteiger partial charge in [0.2, 0.25) is 6.10 Å². The number of anilines is 1. The van der Waals surface area contributed by atoms with Gasteiger partial charge in [-0.2, -0.15) is 0 Å². The van der Waals surface area contributed by atoms with Crippen molar-refractivity contribution in [3.63, 3.8) is 0 Å². The lowest BCUT2D eigenvalue weighted by molar-refractivity contribution is -0.384. The molecule has 1 amide bonds. The number of nitrogens with zero attached hydrogens (tertiary/aromatic N) is 1. The van der Waals surface area contributed by atoms with Crippen LogP contribution in [0.2, 0.25) is 0 Å². The Labute approximate surface area is 171 Å². The van der Waals surface area contributed by atoms with Crippen molar-refractivity contribution in [1.82, 2.24) is 0 Å². The highest BCUT2D eigenvalue weighted by Gasteiger charge is 2.27. The van der Waals surface area contributed by atoms with E-state index in [4.69, 9.17) is 4.74 Å². The summed E-state index contributed by atoms with van der Waals surface area (Å²) in [6.45, 7) is 1.72. The summed E-state index contributed by atoms with van der Waals surface area (Å²) in [5, 5.41) is 15.7. The predicted octanol–water partition coefficient (Wildman–Crippen LogP) is 4.43. The van der Waals surface area contributed by atoms with Crippen molar-refractivity contribution >= 4 is 34.6 Å². The predicted molar refractivity (Wildman–Crippen MR) is 110 cm³/mol. The zero-order valence-corrected chi connectivity index (χ0v) is 16.3. The van der Waals surface area contributed by atoms with E-state index in [9.17, 15) is 19.7 Å². The van der Waals surface area contributed by atoms with Gasteiger partial charge in [0, 0.05) is 16.5 Å². The van der Waals surface area contributed by atoms with Crippen LogP contribution in [0.1, 0.15) is 22.1 Å². The molecule has 3 aromatic rings. The maximum absolute atomic E-state index is 12.9. The molecule has 0 fully saturated rings.